The van der Waals surface area contributed by atoms with Gasteiger partial charge in [0, 0.05) is 16.6 Å². The van der Waals surface area contributed by atoms with Crippen molar-refractivity contribution >= 4 is 11.6 Å². The average molecular weight is 595 g/mol. The predicted molar refractivity (Wildman–Crippen MR) is 184 cm³/mol. The fourth-order valence-electron chi connectivity index (χ4n) is 5.44. The van der Waals surface area contributed by atoms with Crippen LogP contribution in [0.5, 0.6) is 0 Å². The van der Waals surface area contributed by atoms with E-state index >= 15 is 0 Å². The van der Waals surface area contributed by atoms with Crippen LogP contribution in [0.2, 0.25) is 0 Å². The van der Waals surface area contributed by atoms with Crippen molar-refractivity contribution in [3.63, 3.8) is 0 Å². The zero-order chi connectivity index (χ0) is 33.2. The molecular formula is C40H50O4. The Morgan fingerprint density at radius 3 is 1.70 bits per heavy atom. The Morgan fingerprint density at radius 1 is 0.682 bits per heavy atom. The van der Waals surface area contributed by atoms with Crippen molar-refractivity contribution in [3.05, 3.63) is 117 Å². The monoisotopic (exact) mass is 594 g/mol. The van der Waals surface area contributed by atoms with Crippen LogP contribution in [0.1, 0.15) is 82.1 Å². The lowest BCUT2D eigenvalue weighted by Gasteiger charge is -2.34. The number of hydrogen-bond donors (Lipinski definition) is 2. The molecule has 2 N–H and O–H groups in total. The zero-order valence-corrected chi connectivity index (χ0v) is 28.2. The third kappa shape index (κ3) is 10.4. The summed E-state index contributed by atoms with van der Waals surface area (Å²) in [6, 6.07) is 0. The maximum absolute atomic E-state index is 12.2. The number of ketones is 2. The zero-order valence-electron chi connectivity index (χ0n) is 28.2. The standard InChI is InChI=1S/C40H50O4/c1-27(17-13-19-29(3)21-23-33-31(5)37(43)35(41)25-39(33,7)8)15-11-12-16-28(2)18-14-20-30(4)22-24-34-32(6)38(44)36(42)26-40(34,9)10/h11-21,23,35-36,41-42H,25-26H2,1-10H3/b12-11+,17-13+,18-14+,23-21+,27-15+,28-16+,29-19+,30-20+. The van der Waals surface area contributed by atoms with Crippen LogP contribution in [0.15, 0.2) is 117 Å². The van der Waals surface area contributed by atoms with Gasteiger partial charge in [0.05, 0.1) is 0 Å². The number of allylic oxidation sites excluding steroid dienone is 18. The molecule has 0 amide bonds. The molecule has 0 aliphatic heterocycles. The number of Topliss-reactive ketones (excluding diaryl/α,β-unsaturated/α-hetero) is 2. The SMILES string of the molecule is CC1=C(C#C/C(C)=C/C=C/C(C)=C/C=C/C=C(C)/C=C/C=C(C)/C=C/C2=C(C)C(=O)C(O)CC2(C)C)C(C)(C)CC(O)C1=O. The van der Waals surface area contributed by atoms with Crippen molar-refractivity contribution in [3.8, 4) is 11.8 Å². The third-order valence-electron chi connectivity index (χ3n) is 8.09. The van der Waals surface area contributed by atoms with Gasteiger partial charge < -0.3 is 10.2 Å². The normalized spacial score (nSPS) is 24.0. The Labute approximate surface area is 265 Å². The molecule has 0 saturated heterocycles. The van der Waals surface area contributed by atoms with Gasteiger partial charge in [-0.05, 0) is 76.5 Å². The van der Waals surface area contributed by atoms with Gasteiger partial charge in [-0.25, -0.2) is 0 Å². The van der Waals surface area contributed by atoms with Gasteiger partial charge in [-0.2, -0.15) is 0 Å². The Morgan fingerprint density at radius 2 is 1.14 bits per heavy atom. The lowest BCUT2D eigenvalue weighted by Crippen LogP contribution is -2.35. The van der Waals surface area contributed by atoms with Crippen LogP contribution in [-0.4, -0.2) is 34.0 Å². The summed E-state index contributed by atoms with van der Waals surface area (Å²) in [5.74, 6) is 5.93. The van der Waals surface area contributed by atoms with Crippen LogP contribution in [0, 0.1) is 22.7 Å². The van der Waals surface area contributed by atoms with Crippen LogP contribution < -0.4 is 0 Å². The molecule has 4 heteroatoms. The van der Waals surface area contributed by atoms with Gasteiger partial charge in [0.15, 0.2) is 11.6 Å². The molecular weight excluding hydrogens is 544 g/mol. The molecule has 2 aliphatic carbocycles. The van der Waals surface area contributed by atoms with Crippen molar-refractivity contribution in [1.29, 1.82) is 0 Å². The molecule has 0 aromatic carbocycles. The molecule has 44 heavy (non-hydrogen) atoms. The molecule has 0 radical (unpaired) electrons. The lowest BCUT2D eigenvalue weighted by molar-refractivity contribution is -0.126. The van der Waals surface area contributed by atoms with Crippen LogP contribution >= 0.6 is 0 Å². The molecule has 2 rings (SSSR count). The van der Waals surface area contributed by atoms with E-state index < -0.39 is 12.2 Å². The topological polar surface area (TPSA) is 74.6 Å². The highest BCUT2D eigenvalue weighted by atomic mass is 16.3. The fraction of sp³-hybridized carbons (Fsp3) is 0.400. The van der Waals surface area contributed by atoms with E-state index in [4.69, 9.17) is 0 Å². The van der Waals surface area contributed by atoms with Gasteiger partial charge in [-0.15, -0.1) is 0 Å². The molecule has 2 unspecified atom stereocenters. The molecule has 2 atom stereocenters. The first-order valence-electron chi connectivity index (χ1n) is 15.3. The smallest absolute Gasteiger partial charge is 0.187 e. The minimum atomic E-state index is -0.940. The van der Waals surface area contributed by atoms with Crippen LogP contribution in [-0.2, 0) is 9.59 Å². The van der Waals surface area contributed by atoms with E-state index in [1.807, 2.05) is 114 Å². The average Bonchev–Trinajstić information content (AvgIpc) is 2.92. The summed E-state index contributed by atoms with van der Waals surface area (Å²) in [6.45, 7) is 19.7. The second kappa shape index (κ2) is 15.8. The summed E-state index contributed by atoms with van der Waals surface area (Å²) in [5.41, 5.74) is 6.58. The minimum Gasteiger partial charge on any atom is -0.385 e. The van der Waals surface area contributed by atoms with Crippen molar-refractivity contribution < 1.29 is 19.8 Å². The van der Waals surface area contributed by atoms with Gasteiger partial charge >= 0.3 is 0 Å². The van der Waals surface area contributed by atoms with Crippen LogP contribution in [0.25, 0.3) is 0 Å². The molecule has 0 aromatic rings. The number of carbonyl (C=O) groups excluding carboxylic acids is 2. The number of aliphatic hydroxyl groups excluding tert-OH is 2. The first-order valence-corrected chi connectivity index (χ1v) is 15.3. The number of aliphatic hydroxyl groups is 2. The van der Waals surface area contributed by atoms with E-state index in [0.717, 1.165) is 33.4 Å². The minimum absolute atomic E-state index is 0.177. The number of rotatable bonds is 8. The van der Waals surface area contributed by atoms with Gasteiger partial charge in [-0.1, -0.05) is 129 Å². The lowest BCUT2D eigenvalue weighted by atomic mass is 9.71. The molecule has 0 spiro atoms. The van der Waals surface area contributed by atoms with Crippen molar-refractivity contribution in [2.45, 2.75) is 94.3 Å². The highest BCUT2D eigenvalue weighted by Gasteiger charge is 2.38. The van der Waals surface area contributed by atoms with Crippen molar-refractivity contribution in [2.75, 3.05) is 0 Å². The highest BCUT2D eigenvalue weighted by molar-refractivity contribution is 6.01. The Bertz CT molecular complexity index is 1510. The second-order valence-corrected chi connectivity index (χ2v) is 13.2. The Hall–Kier alpha value is -3.78. The Balaban J connectivity index is 1.97. The summed E-state index contributed by atoms with van der Waals surface area (Å²) in [5, 5.41) is 20.0. The maximum atomic E-state index is 12.2. The molecule has 0 aromatic heterocycles. The molecule has 0 fully saturated rings. The van der Waals surface area contributed by atoms with Gasteiger partial charge in [0.1, 0.15) is 12.2 Å². The van der Waals surface area contributed by atoms with Crippen LogP contribution in [0.3, 0.4) is 0 Å². The number of carbonyl (C=O) groups is 2. The van der Waals surface area contributed by atoms with Gasteiger partial charge in [-0.3, -0.25) is 9.59 Å². The molecule has 2 aliphatic rings. The third-order valence-corrected chi connectivity index (χ3v) is 8.09. The maximum Gasteiger partial charge on any atom is 0.187 e. The summed E-state index contributed by atoms with van der Waals surface area (Å²) >= 11 is 0. The molecule has 0 saturated carbocycles. The highest BCUT2D eigenvalue weighted by Crippen LogP contribution is 2.40. The van der Waals surface area contributed by atoms with Gasteiger partial charge in [0.25, 0.3) is 0 Å². The molecule has 0 heterocycles. The van der Waals surface area contributed by atoms with E-state index in [2.05, 4.69) is 25.7 Å². The summed E-state index contributed by atoms with van der Waals surface area (Å²) in [6.07, 6.45) is 23.1. The predicted octanol–water partition coefficient (Wildman–Crippen LogP) is 8.35. The quantitative estimate of drug-likeness (QED) is 0.219. The summed E-state index contributed by atoms with van der Waals surface area (Å²) in [7, 11) is 0. The van der Waals surface area contributed by atoms with Crippen molar-refractivity contribution in [1.82, 2.24) is 0 Å². The number of hydrogen-bond acceptors (Lipinski definition) is 4. The van der Waals surface area contributed by atoms with E-state index in [-0.39, 0.29) is 22.4 Å². The molecule has 4 nitrogen and oxygen atoms in total. The largest absolute Gasteiger partial charge is 0.385 e. The molecule has 0 bridgehead atoms. The van der Waals surface area contributed by atoms with Crippen molar-refractivity contribution in [2.24, 2.45) is 10.8 Å². The fourth-order valence-corrected chi connectivity index (χ4v) is 5.44. The van der Waals surface area contributed by atoms with E-state index in [1.165, 1.54) is 0 Å². The Kier molecular flexibility index (Phi) is 13.1. The van der Waals surface area contributed by atoms with Gasteiger partial charge in [0.2, 0.25) is 0 Å². The first-order chi connectivity index (χ1) is 20.5. The van der Waals surface area contributed by atoms with E-state index in [0.29, 0.717) is 24.0 Å². The second-order valence-electron chi connectivity index (χ2n) is 13.2. The van der Waals surface area contributed by atoms with E-state index in [1.54, 1.807) is 13.8 Å². The first kappa shape index (κ1) is 36.4. The molecule has 234 valence electrons. The van der Waals surface area contributed by atoms with E-state index in [9.17, 15) is 19.8 Å². The summed E-state index contributed by atoms with van der Waals surface area (Å²) < 4.78 is 0. The summed E-state index contributed by atoms with van der Waals surface area (Å²) in [4.78, 5) is 24.4. The van der Waals surface area contributed by atoms with Crippen LogP contribution in [0.4, 0.5) is 0 Å².